The summed E-state index contributed by atoms with van der Waals surface area (Å²) in [7, 11) is 0. The molecule has 0 aromatic heterocycles. The molecule has 1 rings (SSSR count). The van der Waals surface area contributed by atoms with E-state index in [0.29, 0.717) is 5.56 Å². The number of hydrogen-bond acceptors (Lipinski definition) is 6. The number of hydrogen-bond donors (Lipinski definition) is 0. The molecule has 0 aliphatic rings. The quantitative estimate of drug-likeness (QED) is 0.413. The van der Waals surface area contributed by atoms with Gasteiger partial charge in [-0.2, -0.15) is 0 Å². The zero-order chi connectivity index (χ0) is 16.4. The summed E-state index contributed by atoms with van der Waals surface area (Å²) in [5.74, 6) is -0.583. The second kappa shape index (κ2) is 9.78. The normalized spacial score (nSPS) is 10.4. The minimum Gasteiger partial charge on any atom is -0.432 e. The van der Waals surface area contributed by atoms with Crippen LogP contribution < -0.4 is 0 Å². The van der Waals surface area contributed by atoms with Gasteiger partial charge in [0.2, 0.25) is 0 Å². The Kier molecular flexibility index (Phi) is 7.99. The molecule has 0 fully saturated rings. The molecule has 0 radical (unpaired) electrons. The average molecular weight is 310 g/mol. The van der Waals surface area contributed by atoms with Crippen molar-refractivity contribution in [1.29, 1.82) is 0 Å². The first-order valence-corrected chi connectivity index (χ1v) is 7.34. The second-order valence-electron chi connectivity index (χ2n) is 5.28. The minimum absolute atomic E-state index is 0.168. The zero-order valence-corrected chi connectivity index (χ0v) is 13.2. The summed E-state index contributed by atoms with van der Waals surface area (Å²) in [6.45, 7) is 6.06. The van der Waals surface area contributed by atoms with Gasteiger partial charge in [-0.1, -0.05) is 39.3 Å². The van der Waals surface area contributed by atoms with Crippen LogP contribution in [0.3, 0.4) is 0 Å². The van der Waals surface area contributed by atoms with Crippen LogP contribution in [0.25, 0.3) is 0 Å². The van der Waals surface area contributed by atoms with E-state index >= 15 is 0 Å². The van der Waals surface area contributed by atoms with Gasteiger partial charge in [0.05, 0.1) is 17.2 Å². The Balaban J connectivity index is 2.31. The van der Waals surface area contributed by atoms with Crippen molar-refractivity contribution >= 4 is 12.1 Å². The summed E-state index contributed by atoms with van der Waals surface area (Å²) in [4.78, 5) is 31.2. The van der Waals surface area contributed by atoms with Crippen molar-refractivity contribution in [3.05, 3.63) is 35.4 Å². The van der Waals surface area contributed by atoms with E-state index in [9.17, 15) is 9.59 Å². The van der Waals surface area contributed by atoms with E-state index in [-0.39, 0.29) is 12.5 Å². The Morgan fingerprint density at radius 2 is 1.77 bits per heavy atom. The van der Waals surface area contributed by atoms with E-state index in [1.807, 2.05) is 26.0 Å². The monoisotopic (exact) mass is 310 g/mol. The molecule has 0 N–H and O–H groups in total. The summed E-state index contributed by atoms with van der Waals surface area (Å²) in [6, 6.07) is 6.97. The maximum atomic E-state index is 11.6. The molecule has 0 aliphatic carbocycles. The largest absolute Gasteiger partial charge is 0.543 e. The summed E-state index contributed by atoms with van der Waals surface area (Å²) < 4.78 is 4.67. The Hall–Kier alpha value is -2.08. The summed E-state index contributed by atoms with van der Waals surface area (Å²) in [5.41, 5.74) is 1.45. The van der Waals surface area contributed by atoms with Crippen LogP contribution in [0.5, 0.6) is 0 Å². The predicted octanol–water partition coefficient (Wildman–Crippen LogP) is 3.84. The van der Waals surface area contributed by atoms with E-state index < -0.39 is 12.1 Å². The first-order chi connectivity index (χ1) is 10.5. The molecule has 0 saturated heterocycles. The molecule has 0 saturated carbocycles. The van der Waals surface area contributed by atoms with Crippen LogP contribution in [0.1, 0.15) is 49.5 Å². The number of carbonyl (C=O) groups excluding carboxylic acids is 2. The zero-order valence-electron chi connectivity index (χ0n) is 13.2. The Morgan fingerprint density at radius 1 is 1.09 bits per heavy atom. The fraction of sp³-hybridized carbons (Fsp3) is 0.500. The van der Waals surface area contributed by atoms with E-state index in [1.54, 1.807) is 12.1 Å². The van der Waals surface area contributed by atoms with Gasteiger partial charge in [0.15, 0.2) is 0 Å². The predicted molar refractivity (Wildman–Crippen MR) is 78.8 cm³/mol. The number of aryl methyl sites for hydroxylation is 1. The van der Waals surface area contributed by atoms with Gasteiger partial charge in [-0.3, -0.25) is 4.89 Å². The maximum Gasteiger partial charge on any atom is 0.543 e. The van der Waals surface area contributed by atoms with Crippen LogP contribution in [0.2, 0.25) is 0 Å². The van der Waals surface area contributed by atoms with Crippen molar-refractivity contribution in [3.8, 4) is 0 Å². The molecule has 0 amide bonds. The van der Waals surface area contributed by atoms with E-state index in [1.165, 1.54) is 0 Å². The third-order valence-electron chi connectivity index (χ3n) is 2.75. The summed E-state index contributed by atoms with van der Waals surface area (Å²) in [6.07, 6.45) is 2.12. The fourth-order valence-electron chi connectivity index (χ4n) is 1.57. The summed E-state index contributed by atoms with van der Waals surface area (Å²) in [5, 5.41) is 4.11. The molecule has 6 heteroatoms. The third-order valence-corrected chi connectivity index (χ3v) is 2.75. The van der Waals surface area contributed by atoms with Crippen molar-refractivity contribution in [2.24, 2.45) is 5.92 Å². The van der Waals surface area contributed by atoms with Gasteiger partial charge in [-0.15, -0.1) is 0 Å². The Bertz CT molecular complexity index is 466. The molecule has 0 unspecified atom stereocenters. The van der Waals surface area contributed by atoms with Gasteiger partial charge in [0, 0.05) is 0 Å². The highest BCUT2D eigenvalue weighted by molar-refractivity contribution is 5.88. The number of unbranched alkanes of at least 4 members (excludes halogenated alkanes) is 1. The van der Waals surface area contributed by atoms with Gasteiger partial charge in [-0.25, -0.2) is 14.5 Å². The first-order valence-electron chi connectivity index (χ1n) is 7.34. The topological polar surface area (TPSA) is 71.1 Å². The van der Waals surface area contributed by atoms with Crippen molar-refractivity contribution in [2.45, 2.75) is 40.0 Å². The van der Waals surface area contributed by atoms with Gasteiger partial charge < -0.3 is 4.74 Å². The molecule has 0 spiro atoms. The van der Waals surface area contributed by atoms with Gasteiger partial charge in [-0.05, 0) is 36.5 Å². The van der Waals surface area contributed by atoms with E-state index in [4.69, 9.17) is 0 Å². The average Bonchev–Trinajstić information content (AvgIpc) is 2.51. The first kappa shape index (κ1) is 18.0. The molecule has 1 aromatic rings. The lowest BCUT2D eigenvalue weighted by Gasteiger charge is -2.06. The molecule has 0 aliphatic heterocycles. The molecule has 1 aromatic carbocycles. The van der Waals surface area contributed by atoms with Gasteiger partial charge in [0.1, 0.15) is 0 Å². The Labute approximate surface area is 130 Å². The van der Waals surface area contributed by atoms with Crippen LogP contribution in [-0.2, 0) is 26.0 Å². The molecule has 0 bridgehead atoms. The minimum atomic E-state index is -1.06. The van der Waals surface area contributed by atoms with Crippen LogP contribution in [-0.4, -0.2) is 18.7 Å². The Morgan fingerprint density at radius 3 is 2.36 bits per heavy atom. The lowest BCUT2D eigenvalue weighted by molar-refractivity contribution is -0.452. The second-order valence-corrected chi connectivity index (χ2v) is 5.28. The van der Waals surface area contributed by atoms with Crippen LogP contribution >= 0.6 is 0 Å². The van der Waals surface area contributed by atoms with Crippen molar-refractivity contribution < 1.29 is 29.1 Å². The lowest BCUT2D eigenvalue weighted by atomic mass is 10.1. The number of ether oxygens (including phenoxy) is 1. The SMILES string of the molecule is CCCCc1ccc(C(=O)OOOC(=O)OCC(C)C)cc1. The van der Waals surface area contributed by atoms with Gasteiger partial charge in [0.25, 0.3) is 0 Å². The van der Waals surface area contributed by atoms with Gasteiger partial charge >= 0.3 is 12.1 Å². The third kappa shape index (κ3) is 7.08. The molecule has 22 heavy (non-hydrogen) atoms. The molecule has 122 valence electrons. The van der Waals surface area contributed by atoms with Crippen molar-refractivity contribution in [2.75, 3.05) is 6.61 Å². The molecule has 0 heterocycles. The molecular formula is C16H22O6. The van der Waals surface area contributed by atoms with E-state index in [2.05, 4.69) is 26.5 Å². The number of carbonyl (C=O) groups is 2. The molecular weight excluding hydrogens is 288 g/mol. The fourth-order valence-corrected chi connectivity index (χ4v) is 1.57. The standard InChI is InChI=1S/C16H22O6/c1-4-5-6-13-7-9-14(10-8-13)15(17)20-22-21-16(18)19-11-12(2)3/h7-10,12H,4-6,11H2,1-3H3. The smallest absolute Gasteiger partial charge is 0.432 e. The van der Waals surface area contributed by atoms with Crippen LogP contribution in [0, 0.1) is 5.92 Å². The molecule has 6 nitrogen and oxygen atoms in total. The van der Waals surface area contributed by atoms with Crippen molar-refractivity contribution in [1.82, 2.24) is 0 Å². The number of benzene rings is 1. The molecule has 0 atom stereocenters. The highest BCUT2D eigenvalue weighted by Crippen LogP contribution is 2.09. The van der Waals surface area contributed by atoms with E-state index in [0.717, 1.165) is 24.8 Å². The van der Waals surface area contributed by atoms with Crippen LogP contribution in [0.15, 0.2) is 24.3 Å². The maximum absolute atomic E-state index is 11.6. The number of rotatable bonds is 8. The van der Waals surface area contributed by atoms with Crippen molar-refractivity contribution in [3.63, 3.8) is 0 Å². The van der Waals surface area contributed by atoms with Crippen LogP contribution in [0.4, 0.5) is 4.79 Å². The summed E-state index contributed by atoms with van der Waals surface area (Å²) >= 11 is 0. The highest BCUT2D eigenvalue weighted by atomic mass is 17.5. The highest BCUT2D eigenvalue weighted by Gasteiger charge is 2.12. The lowest BCUT2D eigenvalue weighted by Crippen LogP contribution is -2.14.